The van der Waals surface area contributed by atoms with E-state index in [1.807, 2.05) is 0 Å². The van der Waals surface area contributed by atoms with E-state index in [2.05, 4.69) is 5.32 Å². The number of nitrogens with one attached hydrogen (secondary N) is 1. The molecule has 8 nitrogen and oxygen atoms in total. The van der Waals surface area contributed by atoms with Gasteiger partial charge in [-0.15, -0.1) is 0 Å². The first-order chi connectivity index (χ1) is 12.4. The minimum Gasteiger partial charge on any atom is -0.480 e. The third-order valence-corrected chi connectivity index (χ3v) is 5.95. The Morgan fingerprint density at radius 3 is 2.38 bits per heavy atom. The number of aliphatic carboxylic acids is 1. The second kappa shape index (κ2) is 9.65. The first kappa shape index (κ1) is 20.3. The van der Waals surface area contributed by atoms with Crippen LogP contribution in [0, 0.1) is 0 Å². The van der Waals surface area contributed by atoms with Gasteiger partial charge in [0.25, 0.3) is 0 Å². The average molecular weight is 384 g/mol. The number of benzene rings is 1. The number of carboxylic acid groups (broad SMARTS) is 1. The van der Waals surface area contributed by atoms with Crippen LogP contribution in [0.1, 0.15) is 24.8 Å². The maximum absolute atomic E-state index is 12.6. The van der Waals surface area contributed by atoms with Crippen LogP contribution in [0.15, 0.2) is 29.2 Å². The van der Waals surface area contributed by atoms with Gasteiger partial charge in [-0.05, 0) is 30.5 Å². The molecule has 0 atom stereocenters. The van der Waals surface area contributed by atoms with Gasteiger partial charge < -0.3 is 15.2 Å². The lowest BCUT2D eigenvalue weighted by molar-refractivity contribution is -0.142. The Morgan fingerprint density at radius 1 is 1.12 bits per heavy atom. The van der Waals surface area contributed by atoms with E-state index in [-0.39, 0.29) is 30.4 Å². The van der Waals surface area contributed by atoms with Gasteiger partial charge in [-0.1, -0.05) is 18.6 Å². The van der Waals surface area contributed by atoms with Gasteiger partial charge in [-0.3, -0.25) is 4.79 Å². The molecular weight excluding hydrogens is 360 g/mol. The van der Waals surface area contributed by atoms with Gasteiger partial charge >= 0.3 is 5.97 Å². The van der Waals surface area contributed by atoms with Crippen molar-refractivity contribution in [3.05, 3.63) is 29.8 Å². The molecule has 144 valence electrons. The highest BCUT2D eigenvalue weighted by atomic mass is 32.2. The Labute approximate surface area is 153 Å². The summed E-state index contributed by atoms with van der Waals surface area (Å²) < 4.78 is 31.5. The van der Waals surface area contributed by atoms with Crippen molar-refractivity contribution in [3.8, 4) is 0 Å². The van der Waals surface area contributed by atoms with E-state index in [1.54, 1.807) is 12.1 Å². The number of carbonyl (C=O) groups excluding carboxylic acids is 1. The highest BCUT2D eigenvalue weighted by molar-refractivity contribution is 7.89. The van der Waals surface area contributed by atoms with Gasteiger partial charge in [0.2, 0.25) is 15.9 Å². The number of sulfonamides is 1. The number of ether oxygens (including phenoxy) is 1. The van der Waals surface area contributed by atoms with Gasteiger partial charge in [0, 0.05) is 19.6 Å². The number of carboxylic acids is 1. The Hall–Kier alpha value is -1.97. The van der Waals surface area contributed by atoms with Gasteiger partial charge in [0.1, 0.15) is 6.61 Å². The summed E-state index contributed by atoms with van der Waals surface area (Å²) >= 11 is 0. The number of hydrogen-bond donors (Lipinski definition) is 2. The molecule has 1 aromatic carbocycles. The van der Waals surface area contributed by atoms with E-state index >= 15 is 0 Å². The molecular formula is C17H24N2O6S. The number of carbonyl (C=O) groups is 2. The standard InChI is InChI=1S/C17H24N2O6S/c20-16(18-8-11-25-13-17(21)22)12-14-4-6-15(7-5-14)26(23,24)19-9-2-1-3-10-19/h4-7H,1-3,8-13H2,(H,18,20)(H,21,22). The fourth-order valence-electron chi connectivity index (χ4n) is 2.70. The van der Waals surface area contributed by atoms with Crippen LogP contribution < -0.4 is 5.32 Å². The lowest BCUT2D eigenvalue weighted by Gasteiger charge is -2.25. The molecule has 26 heavy (non-hydrogen) atoms. The van der Waals surface area contributed by atoms with E-state index in [0.29, 0.717) is 18.7 Å². The first-order valence-electron chi connectivity index (χ1n) is 8.55. The molecule has 1 amide bonds. The molecule has 0 aromatic heterocycles. The SMILES string of the molecule is O=C(O)COCCNC(=O)Cc1ccc(S(=O)(=O)N2CCCCC2)cc1. The van der Waals surface area contributed by atoms with Crippen molar-refractivity contribution in [2.24, 2.45) is 0 Å². The Kier molecular flexibility index (Phi) is 7.55. The quantitative estimate of drug-likeness (QED) is 0.604. The molecule has 1 aliphatic rings. The Bertz CT molecular complexity index is 711. The predicted octanol–water partition coefficient (Wildman–Crippen LogP) is 0.621. The topological polar surface area (TPSA) is 113 Å². The molecule has 0 unspecified atom stereocenters. The fraction of sp³-hybridized carbons (Fsp3) is 0.529. The predicted molar refractivity (Wildman–Crippen MR) is 94.2 cm³/mol. The highest BCUT2D eigenvalue weighted by Gasteiger charge is 2.25. The molecule has 2 N–H and O–H groups in total. The van der Waals surface area contributed by atoms with E-state index in [9.17, 15) is 18.0 Å². The average Bonchev–Trinajstić information content (AvgIpc) is 2.62. The molecule has 9 heteroatoms. The third-order valence-electron chi connectivity index (χ3n) is 4.03. The van der Waals surface area contributed by atoms with Crippen molar-refractivity contribution in [1.82, 2.24) is 9.62 Å². The van der Waals surface area contributed by atoms with Crippen LogP contribution in [0.3, 0.4) is 0 Å². The summed E-state index contributed by atoms with van der Waals surface area (Å²) in [6.45, 7) is 1.04. The van der Waals surface area contributed by atoms with Crippen LogP contribution in [-0.4, -0.2) is 62.6 Å². The summed E-state index contributed by atoms with van der Waals surface area (Å²) in [5.41, 5.74) is 0.701. The zero-order valence-corrected chi connectivity index (χ0v) is 15.3. The number of hydrogen-bond acceptors (Lipinski definition) is 5. The van der Waals surface area contributed by atoms with Gasteiger partial charge in [0.15, 0.2) is 0 Å². The molecule has 0 bridgehead atoms. The van der Waals surface area contributed by atoms with Gasteiger partial charge in [-0.25, -0.2) is 13.2 Å². The van der Waals surface area contributed by atoms with Crippen molar-refractivity contribution in [2.75, 3.05) is 32.8 Å². The van der Waals surface area contributed by atoms with E-state index in [4.69, 9.17) is 9.84 Å². The van der Waals surface area contributed by atoms with E-state index in [0.717, 1.165) is 19.3 Å². The molecule has 0 spiro atoms. The number of rotatable bonds is 9. The summed E-state index contributed by atoms with van der Waals surface area (Å²) in [4.78, 5) is 22.3. The molecule has 0 radical (unpaired) electrons. The zero-order valence-electron chi connectivity index (χ0n) is 14.5. The highest BCUT2D eigenvalue weighted by Crippen LogP contribution is 2.20. The molecule has 1 heterocycles. The monoisotopic (exact) mass is 384 g/mol. The molecule has 0 aliphatic carbocycles. The minimum absolute atomic E-state index is 0.114. The van der Waals surface area contributed by atoms with Crippen LogP contribution in [0.25, 0.3) is 0 Å². The Balaban J connectivity index is 1.83. The molecule has 1 fully saturated rings. The third kappa shape index (κ3) is 6.08. The van der Waals surface area contributed by atoms with Gasteiger partial charge in [-0.2, -0.15) is 4.31 Å². The number of nitrogens with zero attached hydrogens (tertiary/aromatic N) is 1. The molecule has 2 rings (SSSR count). The molecule has 1 aromatic rings. The Morgan fingerprint density at radius 2 is 1.77 bits per heavy atom. The van der Waals surface area contributed by atoms with Crippen LogP contribution >= 0.6 is 0 Å². The zero-order chi connectivity index (χ0) is 19.0. The summed E-state index contributed by atoms with van der Waals surface area (Å²) in [5.74, 6) is -1.30. The summed E-state index contributed by atoms with van der Waals surface area (Å²) in [7, 11) is -3.47. The van der Waals surface area contributed by atoms with Gasteiger partial charge in [0.05, 0.1) is 17.9 Å². The first-order valence-corrected chi connectivity index (χ1v) is 9.99. The van der Waals surface area contributed by atoms with E-state index < -0.39 is 22.6 Å². The maximum Gasteiger partial charge on any atom is 0.329 e. The smallest absolute Gasteiger partial charge is 0.329 e. The van der Waals surface area contributed by atoms with Crippen LogP contribution in [0.2, 0.25) is 0 Å². The van der Waals surface area contributed by atoms with Crippen molar-refractivity contribution >= 4 is 21.9 Å². The summed E-state index contributed by atoms with van der Waals surface area (Å²) in [5, 5.41) is 11.0. The second-order valence-electron chi connectivity index (χ2n) is 6.08. The number of amides is 1. The van der Waals surface area contributed by atoms with Crippen molar-refractivity contribution in [1.29, 1.82) is 0 Å². The van der Waals surface area contributed by atoms with Crippen LogP contribution in [-0.2, 0) is 30.8 Å². The molecule has 1 aliphatic heterocycles. The van der Waals surface area contributed by atoms with E-state index in [1.165, 1.54) is 16.4 Å². The van der Waals surface area contributed by atoms with Crippen molar-refractivity contribution in [3.63, 3.8) is 0 Å². The van der Waals surface area contributed by atoms with Crippen LogP contribution in [0.4, 0.5) is 0 Å². The second-order valence-corrected chi connectivity index (χ2v) is 8.02. The maximum atomic E-state index is 12.6. The minimum atomic E-state index is -3.47. The normalized spacial score (nSPS) is 15.5. The lowest BCUT2D eigenvalue weighted by Crippen LogP contribution is -2.35. The molecule has 0 saturated carbocycles. The summed E-state index contributed by atoms with van der Waals surface area (Å²) in [6, 6.07) is 6.33. The van der Waals surface area contributed by atoms with Crippen LogP contribution in [0.5, 0.6) is 0 Å². The fourth-order valence-corrected chi connectivity index (χ4v) is 4.22. The molecule has 1 saturated heterocycles. The largest absolute Gasteiger partial charge is 0.480 e. The van der Waals surface area contributed by atoms with Crippen molar-refractivity contribution < 1.29 is 27.9 Å². The van der Waals surface area contributed by atoms with Crippen molar-refractivity contribution in [2.45, 2.75) is 30.6 Å². The summed E-state index contributed by atoms with van der Waals surface area (Å²) in [6.07, 6.45) is 2.94. The lowest BCUT2D eigenvalue weighted by atomic mass is 10.1. The number of piperidine rings is 1.